The van der Waals surface area contributed by atoms with Crippen molar-refractivity contribution in [3.63, 3.8) is 0 Å². The van der Waals surface area contributed by atoms with E-state index in [0.29, 0.717) is 25.1 Å². The van der Waals surface area contributed by atoms with Gasteiger partial charge in [-0.1, -0.05) is 46.1 Å². The number of rotatable bonds is 11. The maximum atomic E-state index is 13.3. The normalized spacial score (nSPS) is 15.2. The average Bonchev–Trinajstić information content (AvgIpc) is 3.28. The molecule has 2 unspecified atom stereocenters. The number of unbranched alkanes of at least 4 members (excludes halogenated alkanes) is 3. The third-order valence-electron chi connectivity index (χ3n) is 6.04. The molecular weight excluding hydrogens is 533 g/mol. The summed E-state index contributed by atoms with van der Waals surface area (Å²) in [5.74, 6) is -0.863. The van der Waals surface area contributed by atoms with Gasteiger partial charge in [-0.15, -0.1) is 11.8 Å². The predicted molar refractivity (Wildman–Crippen MR) is 150 cm³/mol. The first-order chi connectivity index (χ1) is 18.1. The van der Waals surface area contributed by atoms with E-state index in [9.17, 15) is 27.9 Å². The van der Waals surface area contributed by atoms with Crippen LogP contribution in [0.3, 0.4) is 0 Å². The summed E-state index contributed by atoms with van der Waals surface area (Å²) in [6.07, 6.45) is 5.42. The summed E-state index contributed by atoms with van der Waals surface area (Å²) in [5, 5.41) is 11.5. The van der Waals surface area contributed by atoms with E-state index in [4.69, 9.17) is 0 Å². The number of halogens is 3. The van der Waals surface area contributed by atoms with Crippen LogP contribution in [-0.2, 0) is 17.6 Å². The second-order valence-corrected chi connectivity index (χ2v) is 11.4. The first-order valence-electron chi connectivity index (χ1n) is 13.0. The molecule has 0 aromatic heterocycles. The Hall–Kier alpha value is -2.33. The van der Waals surface area contributed by atoms with Gasteiger partial charge in [0.05, 0.1) is 0 Å². The molecule has 1 aliphatic rings. The van der Waals surface area contributed by atoms with Crippen LogP contribution in [0.1, 0.15) is 64.5 Å². The molecular formula is C28H37F3N2O3S2. The van der Waals surface area contributed by atoms with Crippen molar-refractivity contribution in [3.8, 4) is 0 Å². The van der Waals surface area contributed by atoms with E-state index in [1.807, 2.05) is 36.9 Å². The lowest BCUT2D eigenvalue weighted by atomic mass is 10.1. The number of hydrogen-bond donors (Lipinski definition) is 2. The number of carbonyl (C=O) groups excluding carboxylic acids is 1. The average molecular weight is 571 g/mol. The Morgan fingerprint density at radius 1 is 1.03 bits per heavy atom. The van der Waals surface area contributed by atoms with Crippen LogP contribution in [0.5, 0.6) is 0 Å². The van der Waals surface area contributed by atoms with Crippen molar-refractivity contribution in [1.82, 2.24) is 4.90 Å². The maximum absolute atomic E-state index is 13.3. The van der Waals surface area contributed by atoms with Gasteiger partial charge in [-0.2, -0.15) is 13.2 Å². The summed E-state index contributed by atoms with van der Waals surface area (Å²) in [7, 11) is 0. The lowest BCUT2D eigenvalue weighted by molar-refractivity contribution is -0.136. The molecule has 2 amide bonds. The van der Waals surface area contributed by atoms with E-state index in [-0.39, 0.29) is 28.7 Å². The highest BCUT2D eigenvalue weighted by Crippen LogP contribution is 2.37. The van der Waals surface area contributed by atoms with Gasteiger partial charge in [-0.25, -0.2) is 4.79 Å². The van der Waals surface area contributed by atoms with Gasteiger partial charge in [-0.3, -0.25) is 4.79 Å². The van der Waals surface area contributed by atoms with Crippen LogP contribution in [0.15, 0.2) is 52.3 Å². The summed E-state index contributed by atoms with van der Waals surface area (Å²) in [6.45, 7) is 8.36. The van der Waals surface area contributed by atoms with Gasteiger partial charge in [0.15, 0.2) is 0 Å². The van der Waals surface area contributed by atoms with Gasteiger partial charge in [-0.05, 0) is 85.5 Å². The number of carboxylic acid groups (broad SMARTS) is 1. The summed E-state index contributed by atoms with van der Waals surface area (Å²) < 4.78 is 37.8. The number of carboxylic acids is 1. The first-order valence-corrected chi connectivity index (χ1v) is 14.7. The number of thioether (sulfide) groups is 2. The highest BCUT2D eigenvalue weighted by atomic mass is 32.2. The molecule has 2 aromatic carbocycles. The van der Waals surface area contributed by atoms with E-state index in [1.165, 1.54) is 36.0 Å². The number of hydrogen-bond acceptors (Lipinski definition) is 4. The molecule has 0 aliphatic heterocycles. The molecule has 38 heavy (non-hydrogen) atoms. The Labute approximate surface area is 231 Å². The van der Waals surface area contributed by atoms with Gasteiger partial charge in [0.2, 0.25) is 0 Å². The largest absolute Gasteiger partial charge is 0.480 e. The van der Waals surface area contributed by atoms with Gasteiger partial charge in [0.1, 0.15) is 5.25 Å². The molecule has 5 nitrogen and oxygen atoms in total. The Morgan fingerprint density at radius 3 is 2.26 bits per heavy atom. The topological polar surface area (TPSA) is 69.6 Å². The molecule has 210 valence electrons. The van der Waals surface area contributed by atoms with Gasteiger partial charge in [0, 0.05) is 28.1 Å². The van der Waals surface area contributed by atoms with Crippen LogP contribution in [0.4, 0.5) is 23.7 Å². The minimum atomic E-state index is -4.36. The van der Waals surface area contributed by atoms with E-state index in [1.54, 1.807) is 6.92 Å². The van der Waals surface area contributed by atoms with Crippen LogP contribution in [0.2, 0.25) is 0 Å². The second-order valence-electron chi connectivity index (χ2n) is 8.85. The summed E-state index contributed by atoms with van der Waals surface area (Å²) in [4.78, 5) is 27.3. The van der Waals surface area contributed by atoms with Crippen LogP contribution < -0.4 is 5.32 Å². The monoisotopic (exact) mass is 570 g/mol. The van der Waals surface area contributed by atoms with Crippen molar-refractivity contribution < 1.29 is 27.9 Å². The molecule has 0 fully saturated rings. The molecule has 2 aromatic rings. The molecule has 2 N–H and O–H groups in total. The Morgan fingerprint density at radius 2 is 1.66 bits per heavy atom. The van der Waals surface area contributed by atoms with Crippen molar-refractivity contribution in [3.05, 3.63) is 53.6 Å². The van der Waals surface area contributed by atoms with E-state index in [2.05, 4.69) is 12.2 Å². The highest BCUT2D eigenvalue weighted by molar-refractivity contribution is 8.00. The molecule has 0 bridgehead atoms. The number of amides is 2. The molecule has 2 atom stereocenters. The Kier molecular flexibility index (Phi) is 12.8. The second kappa shape index (κ2) is 15.3. The van der Waals surface area contributed by atoms with Gasteiger partial charge < -0.3 is 15.3 Å². The number of nitrogens with zero attached hydrogens (tertiary/aromatic N) is 1. The van der Waals surface area contributed by atoms with Crippen molar-refractivity contribution in [2.75, 3.05) is 11.9 Å². The molecule has 3 rings (SSSR count). The zero-order chi connectivity index (χ0) is 28.3. The van der Waals surface area contributed by atoms with Crippen LogP contribution in [0.25, 0.3) is 0 Å². The van der Waals surface area contributed by atoms with Gasteiger partial charge in [0.25, 0.3) is 0 Å². The number of benzene rings is 2. The fourth-order valence-electron chi connectivity index (χ4n) is 4.21. The smallest absolute Gasteiger partial charge is 0.446 e. The standard InChI is InChI=1S/C26H31F3N2O3S2.C2H6/c1-3-4-5-6-13-31(25(34)30-20-8-11-22(12-9-20)36-26(27,28)29)21-14-18-7-10-23(16-19(18)15-21)35-17(2)24(32)33;1-2/h7-12,16-17,21H,3-6,13-15H2,1-2H3,(H,30,34)(H,32,33);1-2H3. The third kappa shape index (κ3) is 10.1. The molecule has 10 heteroatoms. The van der Waals surface area contributed by atoms with Crippen LogP contribution >= 0.6 is 23.5 Å². The quantitative estimate of drug-likeness (QED) is 0.209. The summed E-state index contributed by atoms with van der Waals surface area (Å²) >= 11 is 1.11. The number of anilines is 1. The minimum Gasteiger partial charge on any atom is -0.480 e. The fraction of sp³-hybridized carbons (Fsp3) is 0.500. The third-order valence-corrected chi connectivity index (χ3v) is 7.86. The Balaban J connectivity index is 0.00000247. The minimum absolute atomic E-state index is 0.0427. The molecule has 0 heterocycles. The number of aliphatic carboxylic acids is 1. The lowest BCUT2D eigenvalue weighted by Gasteiger charge is -2.29. The zero-order valence-corrected chi connectivity index (χ0v) is 23.9. The molecule has 1 aliphatic carbocycles. The van der Waals surface area contributed by atoms with Crippen LogP contribution in [0, 0.1) is 0 Å². The Bertz CT molecular complexity index is 1050. The predicted octanol–water partition coefficient (Wildman–Crippen LogP) is 8.47. The van der Waals surface area contributed by atoms with Crippen LogP contribution in [-0.4, -0.2) is 45.4 Å². The van der Waals surface area contributed by atoms with E-state index < -0.39 is 16.7 Å². The molecule has 0 radical (unpaired) electrons. The summed E-state index contributed by atoms with van der Waals surface area (Å²) in [6, 6.07) is 11.3. The van der Waals surface area contributed by atoms with E-state index >= 15 is 0 Å². The van der Waals surface area contributed by atoms with Crippen molar-refractivity contribution in [2.24, 2.45) is 0 Å². The number of alkyl halides is 3. The molecule has 0 saturated carbocycles. The van der Waals surface area contributed by atoms with Crippen molar-refractivity contribution in [1.29, 1.82) is 0 Å². The summed E-state index contributed by atoms with van der Waals surface area (Å²) in [5.41, 5.74) is -1.65. The SMILES string of the molecule is CC.CCCCCCN(C(=O)Nc1ccc(SC(F)(F)F)cc1)C1Cc2ccc(SC(C)C(=O)O)cc2C1. The fourth-order valence-corrected chi connectivity index (χ4v) is 5.62. The van der Waals surface area contributed by atoms with Crippen molar-refractivity contribution in [2.45, 2.75) is 92.8 Å². The first kappa shape index (κ1) is 31.9. The molecule has 0 saturated heterocycles. The van der Waals surface area contributed by atoms with Gasteiger partial charge >= 0.3 is 17.5 Å². The molecule has 0 spiro atoms. The van der Waals surface area contributed by atoms with Crippen molar-refractivity contribution >= 4 is 41.2 Å². The van der Waals surface area contributed by atoms with E-state index in [0.717, 1.165) is 41.7 Å². The number of carbonyl (C=O) groups is 2. The maximum Gasteiger partial charge on any atom is 0.446 e. The number of urea groups is 1. The number of nitrogens with one attached hydrogen (secondary N) is 1. The zero-order valence-electron chi connectivity index (χ0n) is 22.3. The number of fused-ring (bicyclic) bond motifs is 1. The highest BCUT2D eigenvalue weighted by Gasteiger charge is 2.31. The lowest BCUT2D eigenvalue weighted by Crippen LogP contribution is -2.44.